The van der Waals surface area contributed by atoms with Gasteiger partial charge in [0, 0.05) is 5.69 Å². The minimum absolute atomic E-state index is 0.323. The summed E-state index contributed by atoms with van der Waals surface area (Å²) in [6.45, 7) is 3.81. The van der Waals surface area contributed by atoms with Crippen LogP contribution in [0.25, 0.3) is 5.95 Å². The summed E-state index contributed by atoms with van der Waals surface area (Å²) in [7, 11) is 0. The topological polar surface area (TPSA) is 72.7 Å². The molecular formula is C14H11Cl2N5OS. The Balaban J connectivity index is 1.79. The van der Waals surface area contributed by atoms with Gasteiger partial charge < -0.3 is 5.32 Å². The number of anilines is 1. The molecule has 0 aromatic carbocycles. The Hall–Kier alpha value is -1.96. The number of halogens is 2. The smallest absolute Gasteiger partial charge is 0.258 e. The van der Waals surface area contributed by atoms with Crippen molar-refractivity contribution in [2.75, 3.05) is 5.32 Å². The summed E-state index contributed by atoms with van der Waals surface area (Å²) in [6.07, 6.45) is 3.02. The normalized spacial score (nSPS) is 10.8. The number of hydrogen-bond donors (Lipinski definition) is 1. The van der Waals surface area contributed by atoms with Crippen molar-refractivity contribution < 1.29 is 4.79 Å². The number of nitrogens with one attached hydrogen (secondary N) is 1. The number of aromatic nitrogens is 4. The third-order valence-corrected chi connectivity index (χ3v) is 4.48. The van der Waals surface area contributed by atoms with Gasteiger partial charge in [0.15, 0.2) is 0 Å². The van der Waals surface area contributed by atoms with Crippen molar-refractivity contribution in [2.45, 2.75) is 13.8 Å². The van der Waals surface area contributed by atoms with Gasteiger partial charge in [0.2, 0.25) is 0 Å². The number of hydrogen-bond acceptors (Lipinski definition) is 5. The van der Waals surface area contributed by atoms with Crippen LogP contribution in [0, 0.1) is 13.8 Å². The van der Waals surface area contributed by atoms with Crippen LogP contribution in [0.15, 0.2) is 24.5 Å². The van der Waals surface area contributed by atoms with Gasteiger partial charge >= 0.3 is 0 Å². The zero-order valence-corrected chi connectivity index (χ0v) is 14.5. The second kappa shape index (κ2) is 6.27. The molecule has 3 aromatic heterocycles. The number of aryl methyl sites for hydroxylation is 2. The number of amides is 1. The van der Waals surface area contributed by atoms with E-state index < -0.39 is 0 Å². The number of carbonyl (C=O) groups is 1. The molecular weight excluding hydrogens is 357 g/mol. The van der Waals surface area contributed by atoms with Crippen molar-refractivity contribution in [1.29, 1.82) is 0 Å². The summed E-state index contributed by atoms with van der Waals surface area (Å²) < 4.78 is 2.43. The highest BCUT2D eigenvalue weighted by Gasteiger charge is 2.15. The molecule has 0 unspecified atom stereocenters. The second-order valence-corrected chi connectivity index (χ2v) is 7.09. The van der Waals surface area contributed by atoms with Gasteiger partial charge in [0.25, 0.3) is 11.9 Å². The fraction of sp³-hybridized carbons (Fsp3) is 0.143. The van der Waals surface area contributed by atoms with Crippen molar-refractivity contribution in [3.63, 3.8) is 0 Å². The van der Waals surface area contributed by atoms with E-state index in [1.165, 1.54) is 18.5 Å². The van der Waals surface area contributed by atoms with Gasteiger partial charge in [-0.25, -0.2) is 14.6 Å². The van der Waals surface area contributed by atoms with Crippen LogP contribution in [0.1, 0.15) is 21.7 Å². The molecule has 0 spiro atoms. The largest absolute Gasteiger partial charge is 0.319 e. The maximum Gasteiger partial charge on any atom is 0.258 e. The third kappa shape index (κ3) is 3.36. The number of nitrogens with zero attached hydrogens (tertiary/aromatic N) is 4. The summed E-state index contributed by atoms with van der Waals surface area (Å²) in [4.78, 5) is 20.6. The molecule has 0 saturated carbocycles. The predicted molar refractivity (Wildman–Crippen MR) is 90.9 cm³/mol. The lowest BCUT2D eigenvalue weighted by Crippen LogP contribution is -2.13. The molecule has 0 aliphatic heterocycles. The predicted octanol–water partition coefficient (Wildman–Crippen LogP) is 3.90. The van der Waals surface area contributed by atoms with Crippen LogP contribution in [0.5, 0.6) is 0 Å². The van der Waals surface area contributed by atoms with Gasteiger partial charge in [-0.15, -0.1) is 11.3 Å². The van der Waals surface area contributed by atoms with Gasteiger partial charge in [-0.1, -0.05) is 23.2 Å². The van der Waals surface area contributed by atoms with Crippen LogP contribution < -0.4 is 5.32 Å². The van der Waals surface area contributed by atoms with E-state index in [1.54, 1.807) is 4.68 Å². The lowest BCUT2D eigenvalue weighted by molar-refractivity contribution is 0.102. The van der Waals surface area contributed by atoms with Crippen LogP contribution in [0.2, 0.25) is 8.67 Å². The molecule has 0 aliphatic rings. The molecule has 1 amide bonds. The molecule has 118 valence electrons. The van der Waals surface area contributed by atoms with E-state index in [-0.39, 0.29) is 5.91 Å². The molecule has 0 radical (unpaired) electrons. The first-order valence-electron chi connectivity index (χ1n) is 6.56. The number of rotatable bonds is 3. The minimum atomic E-state index is -0.361. The fourth-order valence-electron chi connectivity index (χ4n) is 2.02. The Morgan fingerprint density at radius 2 is 1.91 bits per heavy atom. The van der Waals surface area contributed by atoms with E-state index in [0.717, 1.165) is 22.7 Å². The molecule has 1 N–H and O–H groups in total. The standard InChI is InChI=1S/C14H11Cl2N5OS/c1-7-3-8(2)21(20-7)14-17-5-9(6-18-14)19-13(22)10-4-11(15)23-12(10)16/h3-6H,1-2H3,(H,19,22). The summed E-state index contributed by atoms with van der Waals surface area (Å²) in [5.74, 6) is 0.0748. The second-order valence-electron chi connectivity index (χ2n) is 4.80. The van der Waals surface area contributed by atoms with Gasteiger partial charge in [-0.3, -0.25) is 4.79 Å². The quantitative estimate of drug-likeness (QED) is 0.761. The van der Waals surface area contributed by atoms with Crippen molar-refractivity contribution in [3.8, 4) is 5.95 Å². The van der Waals surface area contributed by atoms with Crippen molar-refractivity contribution in [3.05, 3.63) is 50.2 Å². The fourth-order valence-corrected chi connectivity index (χ4v) is 3.48. The molecule has 3 heterocycles. The molecule has 0 bridgehead atoms. The van der Waals surface area contributed by atoms with E-state index >= 15 is 0 Å². The Bertz CT molecular complexity index is 872. The zero-order valence-electron chi connectivity index (χ0n) is 12.2. The van der Waals surface area contributed by atoms with Gasteiger partial charge in [0.05, 0.1) is 33.7 Å². The van der Waals surface area contributed by atoms with E-state index in [2.05, 4.69) is 20.4 Å². The van der Waals surface area contributed by atoms with Crippen molar-refractivity contribution >= 4 is 46.1 Å². The maximum absolute atomic E-state index is 12.1. The SMILES string of the molecule is Cc1cc(C)n(-c2ncc(NC(=O)c3cc(Cl)sc3Cl)cn2)n1. The Morgan fingerprint density at radius 1 is 1.22 bits per heavy atom. The molecule has 23 heavy (non-hydrogen) atoms. The summed E-state index contributed by atoms with van der Waals surface area (Å²) in [6, 6.07) is 3.45. The molecule has 6 nitrogen and oxygen atoms in total. The van der Waals surface area contributed by atoms with E-state index in [0.29, 0.717) is 25.9 Å². The van der Waals surface area contributed by atoms with Crippen LogP contribution in [0.4, 0.5) is 5.69 Å². The number of thiophene rings is 1. The monoisotopic (exact) mass is 367 g/mol. The van der Waals surface area contributed by atoms with Crippen LogP contribution in [0.3, 0.4) is 0 Å². The zero-order chi connectivity index (χ0) is 16.6. The Kier molecular flexibility index (Phi) is 4.34. The highest BCUT2D eigenvalue weighted by Crippen LogP contribution is 2.31. The van der Waals surface area contributed by atoms with E-state index in [9.17, 15) is 4.79 Å². The Morgan fingerprint density at radius 3 is 2.43 bits per heavy atom. The first-order valence-corrected chi connectivity index (χ1v) is 8.13. The van der Waals surface area contributed by atoms with Crippen LogP contribution in [-0.2, 0) is 0 Å². The molecule has 3 rings (SSSR count). The van der Waals surface area contributed by atoms with Crippen molar-refractivity contribution in [2.24, 2.45) is 0 Å². The minimum Gasteiger partial charge on any atom is -0.319 e. The third-order valence-electron chi connectivity index (χ3n) is 3.00. The van der Waals surface area contributed by atoms with E-state index in [1.807, 2.05) is 19.9 Å². The molecule has 0 atom stereocenters. The molecule has 0 aliphatic carbocycles. The first kappa shape index (κ1) is 15.9. The summed E-state index contributed by atoms with van der Waals surface area (Å²) in [5, 5.41) is 6.99. The van der Waals surface area contributed by atoms with Gasteiger partial charge in [0.1, 0.15) is 4.34 Å². The van der Waals surface area contributed by atoms with Gasteiger partial charge in [-0.05, 0) is 26.0 Å². The molecule has 3 aromatic rings. The van der Waals surface area contributed by atoms with Crippen LogP contribution in [-0.4, -0.2) is 25.7 Å². The molecule has 0 fully saturated rings. The Labute approximate surface area is 146 Å². The molecule has 9 heteroatoms. The summed E-state index contributed by atoms with van der Waals surface area (Å²) >= 11 is 12.9. The average molecular weight is 368 g/mol. The first-order chi connectivity index (χ1) is 10.9. The highest BCUT2D eigenvalue weighted by molar-refractivity contribution is 7.20. The maximum atomic E-state index is 12.1. The lowest BCUT2D eigenvalue weighted by atomic mass is 10.3. The van der Waals surface area contributed by atoms with E-state index in [4.69, 9.17) is 23.2 Å². The highest BCUT2D eigenvalue weighted by atomic mass is 35.5. The van der Waals surface area contributed by atoms with Crippen LogP contribution >= 0.6 is 34.5 Å². The lowest BCUT2D eigenvalue weighted by Gasteiger charge is -2.05. The number of carbonyl (C=O) groups excluding carboxylic acids is 1. The van der Waals surface area contributed by atoms with Gasteiger partial charge in [-0.2, -0.15) is 5.10 Å². The average Bonchev–Trinajstić information content (AvgIpc) is 3.01. The molecule has 0 saturated heterocycles. The van der Waals surface area contributed by atoms with Crippen molar-refractivity contribution in [1.82, 2.24) is 19.7 Å². The summed E-state index contributed by atoms with van der Waals surface area (Å²) in [5.41, 5.74) is 2.59.